The minimum atomic E-state index is -0.0764. The van der Waals surface area contributed by atoms with Crippen LogP contribution in [0.15, 0.2) is 18.3 Å². The van der Waals surface area contributed by atoms with E-state index in [1.807, 2.05) is 18.3 Å². The van der Waals surface area contributed by atoms with Gasteiger partial charge in [-0.05, 0) is 45.2 Å². The molecule has 0 bridgehead atoms. The van der Waals surface area contributed by atoms with Gasteiger partial charge in [-0.3, -0.25) is 9.20 Å². The number of aromatic nitrogens is 2. The number of anilines is 2. The molecule has 2 aromatic rings. The van der Waals surface area contributed by atoms with Crippen LogP contribution < -0.4 is 10.6 Å². The van der Waals surface area contributed by atoms with Gasteiger partial charge in [0.25, 0.3) is 0 Å². The normalized spacial score (nSPS) is 15.1. The van der Waals surface area contributed by atoms with E-state index >= 15 is 0 Å². The van der Waals surface area contributed by atoms with E-state index in [0.717, 1.165) is 29.3 Å². The Morgan fingerprint density at radius 1 is 1.45 bits per heavy atom. The van der Waals surface area contributed by atoms with Crippen molar-refractivity contribution in [3.05, 3.63) is 24.0 Å². The van der Waals surface area contributed by atoms with Crippen LogP contribution in [0.2, 0.25) is 0 Å². The number of pyridine rings is 1. The fraction of sp³-hybridized carbons (Fsp3) is 0.529. The maximum atomic E-state index is 11.4. The smallest absolute Gasteiger partial charge is 0.221 e. The molecular weight excluding hydrogens is 276 g/mol. The highest BCUT2D eigenvalue weighted by Crippen LogP contribution is 2.44. The Bertz CT molecular complexity index is 713. The van der Waals surface area contributed by atoms with Crippen LogP contribution in [0.25, 0.3) is 5.65 Å². The molecule has 2 aromatic heterocycles. The van der Waals surface area contributed by atoms with E-state index in [1.54, 1.807) is 0 Å². The third-order valence-electron chi connectivity index (χ3n) is 4.29. The zero-order valence-electron chi connectivity index (χ0n) is 13.7. The molecule has 2 N–H and O–H groups in total. The molecule has 1 fully saturated rings. The molecule has 2 heterocycles. The van der Waals surface area contributed by atoms with Crippen LogP contribution in [0.4, 0.5) is 11.5 Å². The summed E-state index contributed by atoms with van der Waals surface area (Å²) in [4.78, 5) is 16.2. The molecule has 0 aliphatic heterocycles. The number of amides is 1. The van der Waals surface area contributed by atoms with Crippen LogP contribution in [0.5, 0.6) is 0 Å². The monoisotopic (exact) mass is 300 g/mol. The van der Waals surface area contributed by atoms with Crippen LogP contribution in [0.3, 0.4) is 0 Å². The molecule has 0 aromatic carbocycles. The molecule has 1 aliphatic carbocycles. The Balaban J connectivity index is 2.12. The number of nitrogens with one attached hydrogen (secondary N) is 2. The Hall–Kier alpha value is -2.04. The predicted molar refractivity (Wildman–Crippen MR) is 89.5 cm³/mol. The second kappa shape index (κ2) is 5.30. The lowest BCUT2D eigenvalue weighted by Crippen LogP contribution is -2.30. The molecule has 0 radical (unpaired) electrons. The lowest BCUT2D eigenvalue weighted by molar-refractivity contribution is -0.114. The second-order valence-corrected chi connectivity index (χ2v) is 6.78. The summed E-state index contributed by atoms with van der Waals surface area (Å²) < 4.78 is 2.07. The standard InChI is InChI=1S/C17H24N4O/c1-5-17(3,4)20-16-14(12-8-9-12)19-15-13(18-11(2)22)7-6-10-21(15)16/h6-7,10,12,20H,5,8-9H2,1-4H3,(H,18,22). The fourth-order valence-electron chi connectivity index (χ4n) is 2.55. The molecule has 0 saturated heterocycles. The van der Waals surface area contributed by atoms with Crippen LogP contribution in [-0.2, 0) is 4.79 Å². The van der Waals surface area contributed by atoms with Gasteiger partial charge in [-0.2, -0.15) is 0 Å². The van der Waals surface area contributed by atoms with Crippen molar-refractivity contribution in [2.75, 3.05) is 10.6 Å². The summed E-state index contributed by atoms with van der Waals surface area (Å²) in [5, 5.41) is 6.52. The molecule has 0 atom stereocenters. The lowest BCUT2D eigenvalue weighted by Gasteiger charge is -2.26. The average Bonchev–Trinajstić information content (AvgIpc) is 3.23. The topological polar surface area (TPSA) is 58.4 Å². The summed E-state index contributed by atoms with van der Waals surface area (Å²) in [5.74, 6) is 1.53. The summed E-state index contributed by atoms with van der Waals surface area (Å²) in [5.41, 5.74) is 2.71. The molecule has 1 amide bonds. The molecule has 118 valence electrons. The van der Waals surface area contributed by atoms with Crippen LogP contribution in [0.1, 0.15) is 58.6 Å². The van der Waals surface area contributed by atoms with Gasteiger partial charge in [-0.1, -0.05) is 6.92 Å². The van der Waals surface area contributed by atoms with Crippen molar-refractivity contribution >= 4 is 23.1 Å². The largest absolute Gasteiger partial charge is 0.365 e. The molecule has 0 spiro atoms. The van der Waals surface area contributed by atoms with Gasteiger partial charge in [-0.15, -0.1) is 0 Å². The highest BCUT2D eigenvalue weighted by Gasteiger charge is 2.32. The SMILES string of the molecule is CCC(C)(C)Nc1c(C2CC2)nc2c(NC(C)=O)cccn12. The van der Waals surface area contributed by atoms with Crippen molar-refractivity contribution in [1.29, 1.82) is 0 Å². The number of imidazole rings is 1. The number of rotatable bonds is 5. The minimum Gasteiger partial charge on any atom is -0.365 e. The molecule has 22 heavy (non-hydrogen) atoms. The van der Waals surface area contributed by atoms with Gasteiger partial charge in [0.05, 0.1) is 11.4 Å². The number of nitrogens with zero attached hydrogens (tertiary/aromatic N) is 2. The number of fused-ring (bicyclic) bond motifs is 1. The summed E-state index contributed by atoms with van der Waals surface area (Å²) in [6.07, 6.45) is 5.42. The molecular formula is C17H24N4O. The number of hydrogen-bond donors (Lipinski definition) is 2. The summed E-state index contributed by atoms with van der Waals surface area (Å²) in [6.45, 7) is 8.09. The molecule has 0 unspecified atom stereocenters. The lowest BCUT2D eigenvalue weighted by atomic mass is 10.0. The van der Waals surface area contributed by atoms with E-state index in [0.29, 0.717) is 5.92 Å². The van der Waals surface area contributed by atoms with E-state index in [1.165, 1.54) is 19.8 Å². The van der Waals surface area contributed by atoms with Crippen LogP contribution in [-0.4, -0.2) is 20.8 Å². The maximum Gasteiger partial charge on any atom is 0.221 e. The molecule has 3 rings (SSSR count). The Labute approximate surface area is 131 Å². The van der Waals surface area contributed by atoms with Crippen molar-refractivity contribution < 1.29 is 4.79 Å². The maximum absolute atomic E-state index is 11.4. The van der Waals surface area contributed by atoms with Gasteiger partial charge < -0.3 is 10.6 Å². The Kier molecular flexibility index (Phi) is 3.59. The fourth-order valence-corrected chi connectivity index (χ4v) is 2.55. The Morgan fingerprint density at radius 3 is 2.77 bits per heavy atom. The number of hydrogen-bond acceptors (Lipinski definition) is 3. The minimum absolute atomic E-state index is 0.00358. The van der Waals surface area contributed by atoms with Crippen molar-refractivity contribution in [3.8, 4) is 0 Å². The van der Waals surface area contributed by atoms with Crippen molar-refractivity contribution in [2.24, 2.45) is 0 Å². The second-order valence-electron chi connectivity index (χ2n) is 6.78. The van der Waals surface area contributed by atoms with Gasteiger partial charge in [0.1, 0.15) is 5.82 Å². The van der Waals surface area contributed by atoms with Crippen LogP contribution in [0, 0.1) is 0 Å². The predicted octanol–water partition coefficient (Wildman–Crippen LogP) is 3.77. The highest BCUT2D eigenvalue weighted by atomic mass is 16.1. The molecule has 1 aliphatic rings. The first-order chi connectivity index (χ1) is 10.4. The van der Waals surface area contributed by atoms with Crippen molar-refractivity contribution in [1.82, 2.24) is 9.38 Å². The van der Waals surface area contributed by atoms with E-state index in [9.17, 15) is 4.79 Å². The zero-order chi connectivity index (χ0) is 15.9. The average molecular weight is 300 g/mol. The van der Waals surface area contributed by atoms with E-state index in [2.05, 4.69) is 35.8 Å². The first kappa shape index (κ1) is 14.9. The van der Waals surface area contributed by atoms with Gasteiger partial charge in [0, 0.05) is 24.6 Å². The van der Waals surface area contributed by atoms with Crippen molar-refractivity contribution in [2.45, 2.75) is 58.4 Å². The van der Waals surface area contributed by atoms with Gasteiger partial charge >= 0.3 is 0 Å². The first-order valence-corrected chi connectivity index (χ1v) is 7.98. The summed E-state index contributed by atoms with van der Waals surface area (Å²) in [6, 6.07) is 3.84. The molecule has 1 saturated carbocycles. The van der Waals surface area contributed by atoms with Gasteiger partial charge in [-0.25, -0.2) is 4.98 Å². The third-order valence-corrected chi connectivity index (χ3v) is 4.29. The van der Waals surface area contributed by atoms with Crippen molar-refractivity contribution in [3.63, 3.8) is 0 Å². The van der Waals surface area contributed by atoms with Crippen LogP contribution >= 0.6 is 0 Å². The van der Waals surface area contributed by atoms with E-state index in [4.69, 9.17) is 4.98 Å². The van der Waals surface area contributed by atoms with E-state index in [-0.39, 0.29) is 11.4 Å². The first-order valence-electron chi connectivity index (χ1n) is 7.98. The van der Waals surface area contributed by atoms with Gasteiger partial charge in [0.2, 0.25) is 5.91 Å². The highest BCUT2D eigenvalue weighted by molar-refractivity contribution is 5.93. The van der Waals surface area contributed by atoms with E-state index < -0.39 is 0 Å². The summed E-state index contributed by atoms with van der Waals surface area (Å²) in [7, 11) is 0. The molecule has 5 nitrogen and oxygen atoms in total. The summed E-state index contributed by atoms with van der Waals surface area (Å²) >= 11 is 0. The number of carbonyl (C=O) groups excluding carboxylic acids is 1. The Morgan fingerprint density at radius 2 is 2.18 bits per heavy atom. The zero-order valence-corrected chi connectivity index (χ0v) is 13.7. The molecule has 5 heteroatoms. The van der Waals surface area contributed by atoms with Gasteiger partial charge in [0.15, 0.2) is 5.65 Å². The third kappa shape index (κ3) is 2.80. The number of carbonyl (C=O) groups is 1. The quantitative estimate of drug-likeness (QED) is 0.883.